The maximum atomic E-state index is 13.0. The van der Waals surface area contributed by atoms with Crippen LogP contribution in [-0.2, 0) is 32.8 Å². The number of fused-ring (bicyclic) bond motifs is 6. The third-order valence-electron chi connectivity index (χ3n) is 6.33. The van der Waals surface area contributed by atoms with Gasteiger partial charge in [0.1, 0.15) is 23.0 Å². The third kappa shape index (κ3) is 3.52. The van der Waals surface area contributed by atoms with Crippen molar-refractivity contribution >= 4 is 17.9 Å². The largest absolute Gasteiger partial charge is 0.508 e. The summed E-state index contributed by atoms with van der Waals surface area (Å²) in [5.41, 5.74) is 0.777. The van der Waals surface area contributed by atoms with Gasteiger partial charge in [0.2, 0.25) is 0 Å². The molecule has 0 aliphatic carbocycles. The Morgan fingerprint density at radius 1 is 0.771 bits per heavy atom. The highest BCUT2D eigenvalue weighted by Crippen LogP contribution is 2.57. The summed E-state index contributed by atoms with van der Waals surface area (Å²) in [6, 6.07) is 12.6. The molecule has 0 atom stereocenters. The van der Waals surface area contributed by atoms with E-state index in [0.29, 0.717) is 33.4 Å². The lowest BCUT2D eigenvalue weighted by atomic mass is 9.76. The van der Waals surface area contributed by atoms with E-state index in [1.807, 2.05) is 0 Å². The highest BCUT2D eigenvalue weighted by molar-refractivity contribution is 5.97. The number of phenolic OH excluding ortho intramolecular Hbond substituents is 2. The van der Waals surface area contributed by atoms with Gasteiger partial charge < -0.3 is 29.9 Å². The molecule has 5 rings (SSSR count). The van der Waals surface area contributed by atoms with Crippen LogP contribution in [0.2, 0.25) is 0 Å². The van der Waals surface area contributed by atoms with E-state index in [1.165, 1.54) is 12.1 Å². The van der Waals surface area contributed by atoms with Crippen LogP contribution < -0.4 is 4.74 Å². The number of carboxylic acid groups (broad SMARTS) is 2. The molecule has 35 heavy (non-hydrogen) atoms. The van der Waals surface area contributed by atoms with Gasteiger partial charge in [-0.2, -0.15) is 0 Å². The monoisotopic (exact) mass is 476 g/mol. The second kappa shape index (κ2) is 8.05. The normalized spacial score (nSPS) is 14.5. The van der Waals surface area contributed by atoms with Crippen LogP contribution in [0.1, 0.15) is 51.0 Å². The van der Waals surface area contributed by atoms with Gasteiger partial charge in [-0.25, -0.2) is 4.79 Å². The molecule has 0 saturated carbocycles. The van der Waals surface area contributed by atoms with E-state index in [2.05, 4.69) is 0 Å². The van der Waals surface area contributed by atoms with E-state index in [-0.39, 0.29) is 48.7 Å². The molecule has 2 aliphatic rings. The Labute approximate surface area is 198 Å². The number of carboxylic acids is 2. The van der Waals surface area contributed by atoms with Gasteiger partial charge in [0, 0.05) is 41.7 Å². The number of hydrogen-bond donors (Lipinski definition) is 4. The molecule has 0 bridgehead atoms. The van der Waals surface area contributed by atoms with Crippen molar-refractivity contribution in [3.63, 3.8) is 0 Å². The van der Waals surface area contributed by atoms with Crippen molar-refractivity contribution in [2.75, 3.05) is 0 Å². The first kappa shape index (κ1) is 22.3. The number of esters is 1. The molecule has 3 aromatic rings. The van der Waals surface area contributed by atoms with E-state index in [4.69, 9.17) is 19.7 Å². The lowest BCUT2D eigenvalue weighted by Gasteiger charge is -2.37. The molecule has 9 nitrogen and oxygen atoms in total. The first-order valence-corrected chi connectivity index (χ1v) is 10.9. The SMILES string of the molecule is O=C(O)CCc1cc2c(cc1O)Oc1cc(O)c(CCC(=O)O)cc1C21OC(=O)c2ccccc21. The van der Waals surface area contributed by atoms with Crippen LogP contribution in [0.4, 0.5) is 0 Å². The molecule has 0 unspecified atom stereocenters. The summed E-state index contributed by atoms with van der Waals surface area (Å²) in [4.78, 5) is 35.2. The van der Waals surface area contributed by atoms with Gasteiger partial charge in [-0.15, -0.1) is 0 Å². The summed E-state index contributed by atoms with van der Waals surface area (Å²) in [6.45, 7) is 0. The van der Waals surface area contributed by atoms with Crippen LogP contribution in [0.3, 0.4) is 0 Å². The maximum Gasteiger partial charge on any atom is 0.340 e. The highest BCUT2D eigenvalue weighted by atomic mass is 16.6. The van der Waals surface area contributed by atoms with E-state index < -0.39 is 23.5 Å². The average molecular weight is 476 g/mol. The van der Waals surface area contributed by atoms with Gasteiger partial charge in [-0.05, 0) is 42.2 Å². The Bertz CT molecular complexity index is 1330. The van der Waals surface area contributed by atoms with Crippen LogP contribution in [0.15, 0.2) is 48.5 Å². The van der Waals surface area contributed by atoms with Gasteiger partial charge in [0.25, 0.3) is 0 Å². The molecule has 0 saturated heterocycles. The topological polar surface area (TPSA) is 151 Å². The number of hydrogen-bond acceptors (Lipinski definition) is 7. The first-order chi connectivity index (χ1) is 16.7. The van der Waals surface area contributed by atoms with E-state index in [1.54, 1.807) is 36.4 Å². The second-order valence-electron chi connectivity index (χ2n) is 8.46. The summed E-state index contributed by atoms with van der Waals surface area (Å²) in [5, 5.41) is 39.3. The van der Waals surface area contributed by atoms with Crippen molar-refractivity contribution in [1.82, 2.24) is 0 Å². The van der Waals surface area contributed by atoms with Gasteiger partial charge in [-0.1, -0.05) is 18.2 Å². The van der Waals surface area contributed by atoms with Gasteiger partial charge in [-0.3, -0.25) is 9.59 Å². The fourth-order valence-electron chi connectivity index (χ4n) is 4.71. The molecule has 0 amide bonds. The number of aromatic hydroxyl groups is 2. The molecule has 2 heterocycles. The summed E-state index contributed by atoms with van der Waals surface area (Å²) < 4.78 is 12.0. The predicted molar refractivity (Wildman–Crippen MR) is 120 cm³/mol. The Balaban J connectivity index is 1.77. The minimum atomic E-state index is -1.51. The Kier molecular flexibility index (Phi) is 5.12. The van der Waals surface area contributed by atoms with Gasteiger partial charge in [0.15, 0.2) is 5.60 Å². The number of ether oxygens (including phenoxy) is 2. The maximum absolute atomic E-state index is 13.0. The zero-order valence-electron chi connectivity index (χ0n) is 18.3. The van der Waals surface area contributed by atoms with E-state index in [0.717, 1.165) is 0 Å². The van der Waals surface area contributed by atoms with Crippen molar-refractivity contribution in [3.8, 4) is 23.0 Å². The van der Waals surface area contributed by atoms with Crippen LogP contribution in [0, 0.1) is 0 Å². The van der Waals surface area contributed by atoms with Gasteiger partial charge >= 0.3 is 17.9 Å². The van der Waals surface area contributed by atoms with Crippen LogP contribution in [0.25, 0.3) is 0 Å². The molecule has 1 spiro atoms. The fourth-order valence-corrected chi connectivity index (χ4v) is 4.71. The number of aryl methyl sites for hydroxylation is 2. The molecule has 0 fully saturated rings. The fraction of sp³-hybridized carbons (Fsp3) is 0.192. The summed E-state index contributed by atoms with van der Waals surface area (Å²) in [6.07, 6.45) is -0.375. The highest BCUT2D eigenvalue weighted by Gasteiger charge is 2.54. The molecule has 0 aromatic heterocycles. The van der Waals surface area contributed by atoms with Crippen molar-refractivity contribution in [2.24, 2.45) is 0 Å². The smallest absolute Gasteiger partial charge is 0.340 e. The number of rotatable bonds is 6. The minimum absolute atomic E-state index is 0.0341. The van der Waals surface area contributed by atoms with Gasteiger partial charge in [0.05, 0.1) is 5.56 Å². The number of aliphatic carboxylic acids is 2. The molecule has 178 valence electrons. The van der Waals surface area contributed by atoms with E-state index in [9.17, 15) is 24.6 Å². The summed E-state index contributed by atoms with van der Waals surface area (Å²) in [5.74, 6) is -2.65. The third-order valence-corrected chi connectivity index (χ3v) is 6.33. The van der Waals surface area contributed by atoms with Crippen molar-refractivity contribution in [2.45, 2.75) is 31.3 Å². The predicted octanol–water partition coefficient (Wildman–Crippen LogP) is 3.70. The average Bonchev–Trinajstić information content (AvgIpc) is 3.10. The standard InChI is InChI=1S/C26H20O9/c27-19-11-21-17(9-13(19)5-7-23(29)30)26(16-4-2-1-3-15(16)25(33)35-26)18-10-14(6-8-24(31)32)20(28)12-22(18)34-21/h1-4,9-12,27-28H,5-8H2,(H,29,30)(H,31,32). The van der Waals surface area contributed by atoms with Crippen molar-refractivity contribution in [1.29, 1.82) is 0 Å². The minimum Gasteiger partial charge on any atom is -0.508 e. The second-order valence-corrected chi connectivity index (χ2v) is 8.46. The lowest BCUT2D eigenvalue weighted by Crippen LogP contribution is -2.33. The van der Waals surface area contributed by atoms with Crippen LogP contribution >= 0.6 is 0 Å². The molecular formula is C26H20O9. The van der Waals surface area contributed by atoms with Crippen LogP contribution in [0.5, 0.6) is 23.0 Å². The molecule has 9 heteroatoms. The molecular weight excluding hydrogens is 456 g/mol. The quantitative estimate of drug-likeness (QED) is 0.390. The lowest BCUT2D eigenvalue weighted by molar-refractivity contribution is -0.138. The Morgan fingerprint density at radius 2 is 1.29 bits per heavy atom. The zero-order valence-corrected chi connectivity index (χ0v) is 18.3. The Hall–Kier alpha value is -4.53. The number of carbonyl (C=O) groups is 3. The van der Waals surface area contributed by atoms with E-state index >= 15 is 0 Å². The number of benzene rings is 3. The Morgan fingerprint density at radius 3 is 1.80 bits per heavy atom. The summed E-state index contributed by atoms with van der Waals surface area (Å²) >= 11 is 0. The molecule has 0 radical (unpaired) electrons. The number of phenols is 2. The summed E-state index contributed by atoms with van der Waals surface area (Å²) in [7, 11) is 0. The molecule has 2 aliphatic heterocycles. The van der Waals surface area contributed by atoms with Crippen molar-refractivity contribution < 1.29 is 44.3 Å². The first-order valence-electron chi connectivity index (χ1n) is 10.9. The number of carbonyl (C=O) groups excluding carboxylic acids is 1. The molecule has 3 aromatic carbocycles. The van der Waals surface area contributed by atoms with Crippen molar-refractivity contribution in [3.05, 3.63) is 81.9 Å². The zero-order chi connectivity index (χ0) is 24.9. The van der Waals surface area contributed by atoms with Crippen LogP contribution in [-0.4, -0.2) is 38.3 Å². The molecule has 4 N–H and O–H groups in total.